The molecule has 4 heteroatoms. The Morgan fingerprint density at radius 3 is 2.54 bits per heavy atom. The Balaban J connectivity index is 3.59. The van der Waals surface area contributed by atoms with Crippen molar-refractivity contribution in [1.82, 2.24) is 5.32 Å². The summed E-state index contributed by atoms with van der Waals surface area (Å²) in [5, 5.41) is 2.61. The molecule has 0 spiro atoms. The number of hydrogen-bond acceptors (Lipinski definition) is 3. The normalized spacial score (nSPS) is 11.9. The first-order chi connectivity index (χ1) is 6.06. The van der Waals surface area contributed by atoms with Crippen LogP contribution in [0, 0.1) is 0 Å². The summed E-state index contributed by atoms with van der Waals surface area (Å²) in [6, 6.07) is -0.151. The third kappa shape index (κ3) is 7.31. The summed E-state index contributed by atoms with van der Waals surface area (Å²) >= 11 is 0. The lowest BCUT2D eigenvalue weighted by atomic mass is 10.2. The highest BCUT2D eigenvalue weighted by Crippen LogP contribution is 1.94. The van der Waals surface area contributed by atoms with Gasteiger partial charge in [-0.1, -0.05) is 6.92 Å². The summed E-state index contributed by atoms with van der Waals surface area (Å²) in [7, 11) is 0. The van der Waals surface area contributed by atoms with E-state index in [9.17, 15) is 9.59 Å². The molecule has 1 atom stereocenters. The molecule has 0 bridgehead atoms. The van der Waals surface area contributed by atoms with Crippen molar-refractivity contribution in [2.45, 2.75) is 39.7 Å². The van der Waals surface area contributed by atoms with Gasteiger partial charge < -0.3 is 10.1 Å². The van der Waals surface area contributed by atoms with Gasteiger partial charge in [0.15, 0.2) is 0 Å². The number of esters is 1. The molecule has 0 rings (SSSR count). The molecule has 0 aliphatic rings. The fraction of sp³-hybridized carbons (Fsp3) is 0.778. The largest absolute Gasteiger partial charge is 0.466 e. The van der Waals surface area contributed by atoms with E-state index in [0.717, 1.165) is 6.42 Å². The minimum atomic E-state index is -0.261. The maximum absolute atomic E-state index is 11.0. The van der Waals surface area contributed by atoms with Gasteiger partial charge >= 0.3 is 5.97 Å². The van der Waals surface area contributed by atoms with E-state index in [1.54, 1.807) is 6.92 Å². The Bertz CT molecular complexity index is 180. The highest BCUT2D eigenvalue weighted by atomic mass is 16.5. The average Bonchev–Trinajstić information content (AvgIpc) is 1.98. The SMILES string of the molecule is CCCOC(=O)CC(C)NC(C)=O. The molecule has 0 radical (unpaired) electrons. The van der Waals surface area contributed by atoms with Gasteiger partial charge in [0, 0.05) is 13.0 Å². The minimum absolute atomic E-state index is 0.129. The third-order valence-corrected chi connectivity index (χ3v) is 1.39. The highest BCUT2D eigenvalue weighted by Gasteiger charge is 2.10. The average molecular weight is 187 g/mol. The van der Waals surface area contributed by atoms with Crippen molar-refractivity contribution in [2.75, 3.05) is 6.61 Å². The number of nitrogens with one attached hydrogen (secondary N) is 1. The fourth-order valence-electron chi connectivity index (χ4n) is 0.923. The Hall–Kier alpha value is -1.06. The first-order valence-corrected chi connectivity index (χ1v) is 4.49. The molecule has 76 valence electrons. The molecule has 0 saturated carbocycles. The molecule has 0 aromatic carbocycles. The van der Waals surface area contributed by atoms with E-state index in [1.807, 2.05) is 6.92 Å². The fourth-order valence-corrected chi connectivity index (χ4v) is 0.923. The summed E-state index contributed by atoms with van der Waals surface area (Å²) in [5.41, 5.74) is 0. The van der Waals surface area contributed by atoms with Crippen molar-refractivity contribution in [3.05, 3.63) is 0 Å². The molecule has 4 nitrogen and oxygen atoms in total. The van der Waals surface area contributed by atoms with E-state index in [2.05, 4.69) is 5.32 Å². The van der Waals surface area contributed by atoms with Crippen LogP contribution in [0.2, 0.25) is 0 Å². The molecule has 13 heavy (non-hydrogen) atoms. The maximum Gasteiger partial charge on any atom is 0.307 e. The van der Waals surface area contributed by atoms with Gasteiger partial charge in [0.1, 0.15) is 0 Å². The Labute approximate surface area is 78.6 Å². The predicted octanol–water partition coefficient (Wildman–Crippen LogP) is 0.854. The van der Waals surface area contributed by atoms with Crippen LogP contribution in [0.25, 0.3) is 0 Å². The van der Waals surface area contributed by atoms with Gasteiger partial charge in [0.25, 0.3) is 0 Å². The van der Waals surface area contributed by atoms with Gasteiger partial charge in [-0.15, -0.1) is 0 Å². The van der Waals surface area contributed by atoms with E-state index in [0.29, 0.717) is 6.61 Å². The van der Waals surface area contributed by atoms with E-state index in [1.165, 1.54) is 6.92 Å². The summed E-state index contributed by atoms with van der Waals surface area (Å²) in [6.07, 6.45) is 1.06. The quantitative estimate of drug-likeness (QED) is 0.649. The topological polar surface area (TPSA) is 55.4 Å². The van der Waals surface area contributed by atoms with Crippen molar-refractivity contribution in [3.63, 3.8) is 0 Å². The molecular formula is C9H17NO3. The molecule has 1 amide bonds. The molecule has 0 aromatic heterocycles. The third-order valence-electron chi connectivity index (χ3n) is 1.39. The molecule has 0 aliphatic heterocycles. The smallest absolute Gasteiger partial charge is 0.307 e. The zero-order valence-electron chi connectivity index (χ0n) is 8.42. The van der Waals surface area contributed by atoms with E-state index in [4.69, 9.17) is 4.74 Å². The van der Waals surface area contributed by atoms with Crippen molar-refractivity contribution in [2.24, 2.45) is 0 Å². The number of amides is 1. The zero-order chi connectivity index (χ0) is 10.3. The summed E-state index contributed by atoms with van der Waals surface area (Å²) in [5.74, 6) is -0.390. The first kappa shape index (κ1) is 11.9. The van der Waals surface area contributed by atoms with Crippen LogP contribution >= 0.6 is 0 Å². The van der Waals surface area contributed by atoms with Crippen molar-refractivity contribution in [3.8, 4) is 0 Å². The summed E-state index contributed by atoms with van der Waals surface area (Å²) < 4.78 is 4.85. The van der Waals surface area contributed by atoms with Gasteiger partial charge in [-0.25, -0.2) is 0 Å². The second-order valence-electron chi connectivity index (χ2n) is 3.03. The van der Waals surface area contributed by atoms with Crippen LogP contribution in [0.1, 0.15) is 33.6 Å². The lowest BCUT2D eigenvalue weighted by Crippen LogP contribution is -2.32. The molecule has 1 unspecified atom stereocenters. The first-order valence-electron chi connectivity index (χ1n) is 4.49. The van der Waals surface area contributed by atoms with Gasteiger partial charge in [-0.05, 0) is 13.3 Å². The van der Waals surface area contributed by atoms with Crippen molar-refractivity contribution < 1.29 is 14.3 Å². The number of rotatable bonds is 5. The van der Waals surface area contributed by atoms with Crippen LogP contribution in [0.15, 0.2) is 0 Å². The Morgan fingerprint density at radius 2 is 2.08 bits per heavy atom. The molecule has 0 fully saturated rings. The van der Waals surface area contributed by atoms with Crippen molar-refractivity contribution in [1.29, 1.82) is 0 Å². The standard InChI is InChI=1S/C9H17NO3/c1-4-5-13-9(12)6-7(2)10-8(3)11/h7H,4-6H2,1-3H3,(H,10,11). The van der Waals surface area contributed by atoms with Gasteiger partial charge in [-0.2, -0.15) is 0 Å². The van der Waals surface area contributed by atoms with Crippen LogP contribution < -0.4 is 5.32 Å². The van der Waals surface area contributed by atoms with Crippen LogP contribution in [0.3, 0.4) is 0 Å². The molecule has 0 aromatic rings. The number of ether oxygens (including phenoxy) is 1. The minimum Gasteiger partial charge on any atom is -0.466 e. The van der Waals surface area contributed by atoms with Crippen molar-refractivity contribution >= 4 is 11.9 Å². The van der Waals surface area contributed by atoms with Crippen LogP contribution in [-0.4, -0.2) is 24.5 Å². The van der Waals surface area contributed by atoms with Gasteiger partial charge in [0.2, 0.25) is 5.91 Å². The predicted molar refractivity (Wildman–Crippen MR) is 49.1 cm³/mol. The van der Waals surface area contributed by atoms with E-state index < -0.39 is 0 Å². The van der Waals surface area contributed by atoms with Gasteiger partial charge in [0.05, 0.1) is 13.0 Å². The maximum atomic E-state index is 11.0. The lowest BCUT2D eigenvalue weighted by molar-refractivity contribution is -0.144. The molecule has 0 aliphatic carbocycles. The molecule has 0 heterocycles. The summed E-state index contributed by atoms with van der Waals surface area (Å²) in [4.78, 5) is 21.6. The molecule has 1 N–H and O–H groups in total. The zero-order valence-corrected chi connectivity index (χ0v) is 8.42. The van der Waals surface area contributed by atoms with Crippen LogP contribution in [0.4, 0.5) is 0 Å². The molecular weight excluding hydrogens is 170 g/mol. The monoisotopic (exact) mass is 187 g/mol. The number of carbonyl (C=O) groups excluding carboxylic acids is 2. The highest BCUT2D eigenvalue weighted by molar-refractivity contribution is 5.75. The van der Waals surface area contributed by atoms with Crippen LogP contribution in [0.5, 0.6) is 0 Å². The Kier molecular flexibility index (Phi) is 5.93. The van der Waals surface area contributed by atoms with Crippen LogP contribution in [-0.2, 0) is 14.3 Å². The second-order valence-corrected chi connectivity index (χ2v) is 3.03. The summed E-state index contributed by atoms with van der Waals surface area (Å²) in [6.45, 7) is 5.58. The number of hydrogen-bond donors (Lipinski definition) is 1. The van der Waals surface area contributed by atoms with E-state index >= 15 is 0 Å². The van der Waals surface area contributed by atoms with E-state index in [-0.39, 0.29) is 24.3 Å². The second kappa shape index (κ2) is 6.46. The van der Waals surface area contributed by atoms with Gasteiger partial charge in [-0.3, -0.25) is 9.59 Å². The lowest BCUT2D eigenvalue weighted by Gasteiger charge is -2.11. The molecule has 0 saturated heterocycles. The number of carbonyl (C=O) groups is 2. The Morgan fingerprint density at radius 1 is 1.46 bits per heavy atom.